The molecule has 5 heteroatoms. The van der Waals surface area contributed by atoms with E-state index in [1.165, 1.54) is 0 Å². The third kappa shape index (κ3) is 5.73. The van der Waals surface area contributed by atoms with Gasteiger partial charge in [0.15, 0.2) is 0 Å². The summed E-state index contributed by atoms with van der Waals surface area (Å²) >= 11 is 0. The maximum atomic E-state index is 11.5. The quantitative estimate of drug-likeness (QED) is 0.533. The molecule has 1 aromatic rings. The summed E-state index contributed by atoms with van der Waals surface area (Å²) in [6.07, 6.45) is 9.40. The summed E-state index contributed by atoms with van der Waals surface area (Å²) in [6, 6.07) is 0. The second kappa shape index (κ2) is 10.1. The Balaban J connectivity index is 2.97. The van der Waals surface area contributed by atoms with Crippen molar-refractivity contribution < 1.29 is 24.2 Å². The van der Waals surface area contributed by atoms with Gasteiger partial charge in [0.25, 0.3) is 0 Å². The van der Waals surface area contributed by atoms with E-state index in [-0.39, 0.29) is 5.56 Å². The molecule has 0 aliphatic rings. The van der Waals surface area contributed by atoms with Crippen molar-refractivity contribution in [2.24, 2.45) is 0 Å². The van der Waals surface area contributed by atoms with Gasteiger partial charge in [-0.2, -0.15) is 0 Å². The van der Waals surface area contributed by atoms with E-state index in [4.69, 9.17) is 4.42 Å². The molecule has 0 fully saturated rings. The van der Waals surface area contributed by atoms with Crippen molar-refractivity contribution in [2.75, 3.05) is 0 Å². The van der Waals surface area contributed by atoms with Crippen molar-refractivity contribution in [2.45, 2.75) is 78.1 Å². The van der Waals surface area contributed by atoms with Crippen LogP contribution in [-0.4, -0.2) is 22.2 Å². The molecular weight excluding hydrogens is 296 g/mol. The second-order valence-electron chi connectivity index (χ2n) is 5.94. The zero-order valence-electron chi connectivity index (χ0n) is 14.2. The molecule has 5 nitrogen and oxygen atoms in total. The molecule has 130 valence electrons. The Bertz CT molecular complexity index is 516. The van der Waals surface area contributed by atoms with E-state index in [0.717, 1.165) is 51.4 Å². The van der Waals surface area contributed by atoms with E-state index in [1.54, 1.807) is 0 Å². The molecule has 2 N–H and O–H groups in total. The van der Waals surface area contributed by atoms with E-state index in [1.807, 2.05) is 0 Å². The highest BCUT2D eigenvalue weighted by molar-refractivity contribution is 6.01. The minimum absolute atomic E-state index is 0.153. The van der Waals surface area contributed by atoms with Gasteiger partial charge < -0.3 is 14.6 Å². The Labute approximate surface area is 137 Å². The molecule has 0 aromatic carbocycles. The molecule has 0 bridgehead atoms. The van der Waals surface area contributed by atoms with Crippen LogP contribution in [0.4, 0.5) is 0 Å². The largest absolute Gasteiger partial charge is 0.478 e. The van der Waals surface area contributed by atoms with E-state index in [2.05, 4.69) is 13.8 Å². The number of rotatable bonds is 12. The van der Waals surface area contributed by atoms with Crippen LogP contribution in [0.3, 0.4) is 0 Å². The number of aromatic carboxylic acids is 2. The lowest BCUT2D eigenvalue weighted by molar-refractivity contribution is 0.0624. The van der Waals surface area contributed by atoms with Crippen LogP contribution in [0, 0.1) is 0 Å². The molecule has 23 heavy (non-hydrogen) atoms. The first kappa shape index (κ1) is 19.3. The number of furan rings is 1. The SMILES string of the molecule is CCCCCCc1oc(C(=O)O)c(C(=O)O)c1CCCCCC. The molecule has 1 heterocycles. The van der Waals surface area contributed by atoms with Gasteiger partial charge in [-0.05, 0) is 19.3 Å². The van der Waals surface area contributed by atoms with Gasteiger partial charge in [-0.15, -0.1) is 0 Å². The summed E-state index contributed by atoms with van der Waals surface area (Å²) in [5.74, 6) is -2.39. The van der Waals surface area contributed by atoms with Gasteiger partial charge in [-0.25, -0.2) is 9.59 Å². The first-order valence-electron chi connectivity index (χ1n) is 8.64. The van der Waals surface area contributed by atoms with Crippen LogP contribution in [0.15, 0.2) is 4.42 Å². The summed E-state index contributed by atoms with van der Waals surface area (Å²) in [5, 5.41) is 18.6. The molecule has 0 amide bonds. The average Bonchev–Trinajstić information content (AvgIpc) is 2.87. The van der Waals surface area contributed by atoms with Crippen LogP contribution < -0.4 is 0 Å². The third-order valence-electron chi connectivity index (χ3n) is 4.04. The molecule has 0 saturated carbocycles. The molecule has 0 radical (unpaired) electrons. The fraction of sp³-hybridized carbons (Fsp3) is 0.667. The normalized spacial score (nSPS) is 10.9. The highest BCUT2D eigenvalue weighted by atomic mass is 16.4. The monoisotopic (exact) mass is 324 g/mol. The van der Waals surface area contributed by atoms with Crippen molar-refractivity contribution in [3.63, 3.8) is 0 Å². The Morgan fingerprint density at radius 3 is 1.87 bits per heavy atom. The van der Waals surface area contributed by atoms with E-state index in [9.17, 15) is 19.8 Å². The van der Waals surface area contributed by atoms with Gasteiger partial charge >= 0.3 is 11.9 Å². The fourth-order valence-corrected chi connectivity index (χ4v) is 2.80. The first-order valence-corrected chi connectivity index (χ1v) is 8.64. The molecule has 0 aliphatic carbocycles. The topological polar surface area (TPSA) is 87.7 Å². The Morgan fingerprint density at radius 2 is 1.39 bits per heavy atom. The van der Waals surface area contributed by atoms with Crippen molar-refractivity contribution in [3.8, 4) is 0 Å². The number of aryl methyl sites for hydroxylation is 1. The number of carboxylic acid groups (broad SMARTS) is 2. The molecule has 1 aromatic heterocycles. The van der Waals surface area contributed by atoms with Gasteiger partial charge in [0, 0.05) is 12.0 Å². The Morgan fingerprint density at radius 1 is 0.826 bits per heavy atom. The number of carbonyl (C=O) groups is 2. The van der Waals surface area contributed by atoms with Crippen LogP contribution >= 0.6 is 0 Å². The Kier molecular flexibility index (Phi) is 8.45. The van der Waals surface area contributed by atoms with Gasteiger partial charge in [0.05, 0.1) is 0 Å². The average molecular weight is 324 g/mol. The maximum Gasteiger partial charge on any atom is 0.372 e. The highest BCUT2D eigenvalue weighted by Gasteiger charge is 2.28. The number of hydrogen-bond acceptors (Lipinski definition) is 3. The van der Waals surface area contributed by atoms with Crippen molar-refractivity contribution in [3.05, 3.63) is 22.6 Å². The second-order valence-corrected chi connectivity index (χ2v) is 5.94. The summed E-state index contributed by atoms with van der Waals surface area (Å²) in [6.45, 7) is 4.24. The van der Waals surface area contributed by atoms with E-state index in [0.29, 0.717) is 24.2 Å². The summed E-state index contributed by atoms with van der Waals surface area (Å²) < 4.78 is 5.43. The molecule has 0 atom stereocenters. The van der Waals surface area contributed by atoms with Crippen LogP contribution in [0.2, 0.25) is 0 Å². The Hall–Kier alpha value is -1.78. The molecule has 0 spiro atoms. The van der Waals surface area contributed by atoms with Gasteiger partial charge in [-0.3, -0.25) is 0 Å². The lowest BCUT2D eigenvalue weighted by Crippen LogP contribution is -2.07. The van der Waals surface area contributed by atoms with Crippen molar-refractivity contribution >= 4 is 11.9 Å². The van der Waals surface area contributed by atoms with Gasteiger partial charge in [0.2, 0.25) is 5.76 Å². The standard InChI is InChI=1S/C18H28O5/c1-3-5-7-9-11-13-14(12-10-8-6-4-2)23-16(18(21)22)15(13)17(19)20/h3-12H2,1-2H3,(H,19,20)(H,21,22). The van der Waals surface area contributed by atoms with Crippen LogP contribution in [-0.2, 0) is 12.8 Å². The van der Waals surface area contributed by atoms with E-state index >= 15 is 0 Å². The molecule has 0 unspecified atom stereocenters. The van der Waals surface area contributed by atoms with Gasteiger partial charge in [-0.1, -0.05) is 52.4 Å². The summed E-state index contributed by atoms with van der Waals surface area (Å²) in [7, 11) is 0. The summed E-state index contributed by atoms with van der Waals surface area (Å²) in [4.78, 5) is 22.8. The number of unbranched alkanes of at least 4 members (excludes halogenated alkanes) is 6. The number of carboxylic acids is 2. The third-order valence-corrected chi connectivity index (χ3v) is 4.04. The zero-order chi connectivity index (χ0) is 17.2. The molecule has 0 aliphatic heterocycles. The lowest BCUT2D eigenvalue weighted by atomic mass is 9.99. The summed E-state index contributed by atoms with van der Waals surface area (Å²) in [5.41, 5.74) is 0.432. The number of hydrogen-bond donors (Lipinski definition) is 2. The molecule has 0 saturated heterocycles. The maximum absolute atomic E-state index is 11.5. The van der Waals surface area contributed by atoms with Crippen molar-refractivity contribution in [1.29, 1.82) is 0 Å². The van der Waals surface area contributed by atoms with E-state index < -0.39 is 17.7 Å². The first-order chi connectivity index (χ1) is 11.0. The molecule has 1 rings (SSSR count). The van der Waals surface area contributed by atoms with Crippen molar-refractivity contribution in [1.82, 2.24) is 0 Å². The minimum atomic E-state index is -1.31. The fourth-order valence-electron chi connectivity index (χ4n) is 2.80. The predicted octanol–water partition coefficient (Wildman–Crippen LogP) is 4.92. The molecular formula is C18H28O5. The predicted molar refractivity (Wildman–Crippen MR) is 88.3 cm³/mol. The van der Waals surface area contributed by atoms with Gasteiger partial charge in [0.1, 0.15) is 11.3 Å². The van der Waals surface area contributed by atoms with Crippen LogP contribution in [0.5, 0.6) is 0 Å². The lowest BCUT2D eigenvalue weighted by Gasteiger charge is -2.04. The van der Waals surface area contributed by atoms with Crippen LogP contribution in [0.25, 0.3) is 0 Å². The highest BCUT2D eigenvalue weighted by Crippen LogP contribution is 2.27. The zero-order valence-corrected chi connectivity index (χ0v) is 14.2. The minimum Gasteiger partial charge on any atom is -0.478 e. The van der Waals surface area contributed by atoms with Crippen LogP contribution in [0.1, 0.15) is 97.5 Å². The smallest absolute Gasteiger partial charge is 0.372 e.